The van der Waals surface area contributed by atoms with Crippen molar-refractivity contribution in [1.29, 1.82) is 0 Å². The van der Waals surface area contributed by atoms with E-state index in [1.165, 1.54) is 0 Å². The number of nitrogens with zero attached hydrogens (tertiary/aromatic N) is 3. The lowest BCUT2D eigenvalue weighted by Gasteiger charge is -2.12. The summed E-state index contributed by atoms with van der Waals surface area (Å²) < 4.78 is 19.0. The fraction of sp³-hybridized carbons (Fsp3) is 0.0769. The predicted molar refractivity (Wildman–Crippen MR) is 134 cm³/mol. The average Bonchev–Trinajstić information content (AvgIpc) is 3.50. The molecular formula is C26H19Cl2N3O3. The molecule has 0 spiro atoms. The molecule has 0 unspecified atom stereocenters. The van der Waals surface area contributed by atoms with Crippen molar-refractivity contribution in [2.75, 3.05) is 7.11 Å². The molecule has 170 valence electrons. The molecule has 0 saturated carbocycles. The number of halogens is 2. The fourth-order valence-corrected chi connectivity index (χ4v) is 3.96. The molecule has 0 bridgehead atoms. The molecular weight excluding hydrogens is 473 g/mol. The second-order valence-corrected chi connectivity index (χ2v) is 8.23. The van der Waals surface area contributed by atoms with Gasteiger partial charge in [-0.2, -0.15) is 0 Å². The van der Waals surface area contributed by atoms with Crippen molar-refractivity contribution < 1.29 is 13.9 Å². The van der Waals surface area contributed by atoms with E-state index in [9.17, 15) is 0 Å². The Kier molecular flexibility index (Phi) is 6.25. The van der Waals surface area contributed by atoms with Crippen molar-refractivity contribution >= 4 is 40.9 Å². The van der Waals surface area contributed by atoms with E-state index in [-0.39, 0.29) is 6.61 Å². The number of rotatable bonds is 7. The van der Waals surface area contributed by atoms with E-state index in [4.69, 9.17) is 42.1 Å². The second kappa shape index (κ2) is 9.63. The number of benzene rings is 2. The van der Waals surface area contributed by atoms with Crippen LogP contribution in [0.1, 0.15) is 11.1 Å². The van der Waals surface area contributed by atoms with Crippen molar-refractivity contribution in [3.63, 3.8) is 0 Å². The maximum absolute atomic E-state index is 6.25. The van der Waals surface area contributed by atoms with Crippen molar-refractivity contribution in [2.24, 2.45) is 4.99 Å². The summed E-state index contributed by atoms with van der Waals surface area (Å²) in [5.41, 5.74) is 3.12. The van der Waals surface area contributed by atoms with Crippen molar-refractivity contribution in [2.45, 2.75) is 6.61 Å². The van der Waals surface area contributed by atoms with Gasteiger partial charge in [-0.1, -0.05) is 35.3 Å². The molecule has 0 fully saturated rings. The molecule has 3 aromatic heterocycles. The minimum atomic E-state index is 0.286. The van der Waals surface area contributed by atoms with Gasteiger partial charge < -0.3 is 13.9 Å². The third-order valence-corrected chi connectivity index (χ3v) is 5.77. The zero-order valence-electron chi connectivity index (χ0n) is 18.1. The van der Waals surface area contributed by atoms with E-state index in [0.717, 1.165) is 16.8 Å². The Morgan fingerprint density at radius 2 is 1.94 bits per heavy atom. The summed E-state index contributed by atoms with van der Waals surface area (Å²) in [6.07, 6.45) is 5.29. The monoisotopic (exact) mass is 491 g/mol. The Bertz CT molecular complexity index is 1480. The number of aromatic nitrogens is 2. The summed E-state index contributed by atoms with van der Waals surface area (Å²) in [6.45, 7) is 0.286. The maximum Gasteiger partial charge on any atom is 0.168 e. The summed E-state index contributed by atoms with van der Waals surface area (Å²) in [6, 6.07) is 20.4. The number of ether oxygens (including phenoxy) is 2. The van der Waals surface area contributed by atoms with Gasteiger partial charge in [-0.25, -0.2) is 9.98 Å². The molecule has 0 radical (unpaired) electrons. The zero-order chi connectivity index (χ0) is 23.5. The summed E-state index contributed by atoms with van der Waals surface area (Å²) in [5, 5.41) is 1.13. The van der Waals surface area contributed by atoms with Crippen LogP contribution in [0.2, 0.25) is 10.0 Å². The first kappa shape index (κ1) is 22.1. The Morgan fingerprint density at radius 3 is 2.74 bits per heavy atom. The lowest BCUT2D eigenvalue weighted by atomic mass is 10.2. The molecule has 0 atom stereocenters. The van der Waals surface area contributed by atoms with Crippen LogP contribution in [0.3, 0.4) is 0 Å². The molecule has 0 aliphatic heterocycles. The van der Waals surface area contributed by atoms with E-state index in [2.05, 4.69) is 4.98 Å². The van der Waals surface area contributed by atoms with Gasteiger partial charge in [0.2, 0.25) is 0 Å². The molecule has 0 aliphatic rings. The van der Waals surface area contributed by atoms with Gasteiger partial charge in [-0.15, -0.1) is 0 Å². The van der Waals surface area contributed by atoms with E-state index in [0.29, 0.717) is 38.8 Å². The maximum atomic E-state index is 6.25. The normalized spacial score (nSPS) is 11.4. The first-order valence-electron chi connectivity index (χ1n) is 10.4. The van der Waals surface area contributed by atoms with Crippen LogP contribution in [-0.4, -0.2) is 22.7 Å². The highest BCUT2D eigenvalue weighted by Crippen LogP contribution is 2.33. The SMILES string of the molecule is COc1cc(/C=N/c2c(-c3ccco3)nc3ccccn23)ccc1OCc1ccc(Cl)cc1Cl. The van der Waals surface area contributed by atoms with Crippen molar-refractivity contribution in [3.8, 4) is 23.0 Å². The first-order chi connectivity index (χ1) is 16.6. The van der Waals surface area contributed by atoms with Crippen LogP contribution in [0, 0.1) is 0 Å². The number of hydrogen-bond acceptors (Lipinski definition) is 5. The van der Waals surface area contributed by atoms with Crippen LogP contribution in [0.15, 0.2) is 88.6 Å². The highest BCUT2D eigenvalue weighted by molar-refractivity contribution is 6.35. The van der Waals surface area contributed by atoms with Gasteiger partial charge in [0.05, 0.1) is 13.4 Å². The molecule has 34 heavy (non-hydrogen) atoms. The van der Waals surface area contributed by atoms with Crippen LogP contribution in [0.4, 0.5) is 5.82 Å². The van der Waals surface area contributed by atoms with Gasteiger partial charge in [-0.05, 0) is 60.2 Å². The molecule has 5 rings (SSSR count). The number of imidazole rings is 1. The number of methoxy groups -OCH3 is 1. The van der Waals surface area contributed by atoms with Crippen LogP contribution < -0.4 is 9.47 Å². The van der Waals surface area contributed by atoms with Crippen LogP contribution in [-0.2, 0) is 6.61 Å². The van der Waals surface area contributed by atoms with Crippen molar-refractivity contribution in [3.05, 3.63) is 100 Å². The predicted octanol–water partition coefficient (Wildman–Crippen LogP) is 7.24. The molecule has 0 amide bonds. The molecule has 0 N–H and O–H groups in total. The van der Waals surface area contributed by atoms with Gasteiger partial charge in [0, 0.05) is 28.0 Å². The third kappa shape index (κ3) is 4.51. The molecule has 2 aromatic carbocycles. The lowest BCUT2D eigenvalue weighted by molar-refractivity contribution is 0.284. The van der Waals surface area contributed by atoms with Crippen LogP contribution in [0.25, 0.3) is 17.1 Å². The third-order valence-electron chi connectivity index (χ3n) is 5.18. The molecule has 5 aromatic rings. The molecule has 8 heteroatoms. The summed E-state index contributed by atoms with van der Waals surface area (Å²) >= 11 is 12.2. The van der Waals surface area contributed by atoms with E-state index < -0.39 is 0 Å². The Balaban J connectivity index is 1.42. The average molecular weight is 492 g/mol. The van der Waals surface area contributed by atoms with Gasteiger partial charge >= 0.3 is 0 Å². The lowest BCUT2D eigenvalue weighted by Crippen LogP contribution is -1.99. The standard InChI is InChI=1S/C26H19Cl2N3O3/c1-32-23-13-17(7-10-21(23)34-16-18-8-9-19(27)14-20(18)28)15-29-26-25(22-5-4-12-33-22)30-24-6-2-3-11-31(24)26/h2-15H,16H2,1H3/b29-15+. The van der Waals surface area contributed by atoms with Gasteiger partial charge in [0.15, 0.2) is 28.8 Å². The van der Waals surface area contributed by atoms with E-state index >= 15 is 0 Å². The Labute approximate surface area is 206 Å². The van der Waals surface area contributed by atoms with E-state index in [1.807, 2.05) is 65.2 Å². The largest absolute Gasteiger partial charge is 0.493 e. The zero-order valence-corrected chi connectivity index (χ0v) is 19.6. The molecule has 3 heterocycles. The van der Waals surface area contributed by atoms with Gasteiger partial charge in [-0.3, -0.25) is 4.40 Å². The van der Waals surface area contributed by atoms with E-state index in [1.54, 1.807) is 31.7 Å². The molecule has 0 aliphatic carbocycles. The van der Waals surface area contributed by atoms with Gasteiger partial charge in [0.25, 0.3) is 0 Å². The van der Waals surface area contributed by atoms with Gasteiger partial charge in [0.1, 0.15) is 12.3 Å². The number of aliphatic imine (C=N–C) groups is 1. The minimum absolute atomic E-state index is 0.286. The highest BCUT2D eigenvalue weighted by Gasteiger charge is 2.15. The summed E-state index contributed by atoms with van der Waals surface area (Å²) in [4.78, 5) is 9.40. The highest BCUT2D eigenvalue weighted by atomic mass is 35.5. The number of pyridine rings is 1. The summed E-state index contributed by atoms with van der Waals surface area (Å²) in [7, 11) is 1.60. The van der Waals surface area contributed by atoms with Crippen LogP contribution >= 0.6 is 23.2 Å². The van der Waals surface area contributed by atoms with Crippen molar-refractivity contribution in [1.82, 2.24) is 9.38 Å². The second-order valence-electron chi connectivity index (χ2n) is 7.38. The number of hydrogen-bond donors (Lipinski definition) is 0. The number of furan rings is 1. The quantitative estimate of drug-likeness (QED) is 0.225. The topological polar surface area (TPSA) is 61.3 Å². The molecule has 6 nitrogen and oxygen atoms in total. The fourth-order valence-electron chi connectivity index (χ4n) is 3.50. The minimum Gasteiger partial charge on any atom is -0.493 e. The molecule has 0 saturated heterocycles. The number of fused-ring (bicyclic) bond motifs is 1. The Morgan fingerprint density at radius 1 is 1.03 bits per heavy atom. The summed E-state index contributed by atoms with van der Waals surface area (Å²) in [5.74, 6) is 2.50. The smallest absolute Gasteiger partial charge is 0.168 e. The first-order valence-corrected chi connectivity index (χ1v) is 11.2. The van der Waals surface area contributed by atoms with Crippen LogP contribution in [0.5, 0.6) is 11.5 Å². The Hall–Kier alpha value is -3.74.